The van der Waals surface area contributed by atoms with Crippen molar-refractivity contribution in [3.63, 3.8) is 0 Å². The van der Waals surface area contributed by atoms with E-state index in [1.54, 1.807) is 12.1 Å². The Labute approximate surface area is 168 Å². The van der Waals surface area contributed by atoms with Gasteiger partial charge in [0.15, 0.2) is 8.38 Å². The van der Waals surface area contributed by atoms with Crippen molar-refractivity contribution in [3.05, 3.63) is 29.3 Å². The number of amides is 1. The number of nitrogens with one attached hydrogen (secondary N) is 2. The van der Waals surface area contributed by atoms with Crippen molar-refractivity contribution in [2.75, 3.05) is 19.5 Å². The highest BCUT2D eigenvalue weighted by atomic mass is 32.2. The second kappa shape index (κ2) is 8.24. The summed E-state index contributed by atoms with van der Waals surface area (Å²) in [6.07, 6.45) is -0.588. The molecule has 2 atom stereocenters. The van der Waals surface area contributed by atoms with E-state index in [1.165, 1.54) is 0 Å². The van der Waals surface area contributed by atoms with Crippen LogP contribution in [-0.4, -0.2) is 35.4 Å². The molecule has 0 bridgehead atoms. The predicted octanol–water partition coefficient (Wildman–Crippen LogP) is 1.93. The molecule has 1 amide bonds. The van der Waals surface area contributed by atoms with E-state index in [2.05, 4.69) is 10.0 Å². The summed E-state index contributed by atoms with van der Waals surface area (Å²) in [5.41, 5.74) is 1.01. The van der Waals surface area contributed by atoms with Crippen LogP contribution in [0.3, 0.4) is 0 Å². The molecule has 2 N–H and O–H groups in total. The van der Waals surface area contributed by atoms with Crippen molar-refractivity contribution in [1.82, 2.24) is 10.0 Å². The third-order valence-electron chi connectivity index (χ3n) is 4.40. The lowest BCUT2D eigenvalue weighted by Gasteiger charge is -2.33. The van der Waals surface area contributed by atoms with Gasteiger partial charge in [0.05, 0.1) is 19.5 Å². The molecule has 156 valence electrons. The Morgan fingerprint density at radius 1 is 1.29 bits per heavy atom. The third-order valence-corrected chi connectivity index (χ3v) is 7.09. The Morgan fingerprint density at radius 3 is 2.61 bits per heavy atom. The Kier molecular flexibility index (Phi) is 6.32. The molecule has 0 aliphatic carbocycles. The van der Waals surface area contributed by atoms with Crippen molar-refractivity contribution in [3.8, 4) is 5.75 Å². The molecule has 8 nitrogen and oxygen atoms in total. The van der Waals surface area contributed by atoms with Crippen molar-refractivity contribution in [2.45, 2.75) is 45.1 Å². The molecule has 0 radical (unpaired) electrons. The van der Waals surface area contributed by atoms with E-state index in [-0.39, 0.29) is 11.7 Å². The van der Waals surface area contributed by atoms with E-state index < -0.39 is 36.4 Å². The lowest BCUT2D eigenvalue weighted by molar-refractivity contribution is -0.251. The van der Waals surface area contributed by atoms with Gasteiger partial charge in [0.1, 0.15) is 33.8 Å². The molecule has 10 heteroatoms. The zero-order chi connectivity index (χ0) is 20.5. The Bertz CT molecular complexity index is 762. The Balaban J connectivity index is 1.72. The summed E-state index contributed by atoms with van der Waals surface area (Å²) in [5.74, 6) is 0.569. The Hall–Kier alpha value is -1.25. The molecular weight excluding hydrogens is 403 g/mol. The minimum atomic E-state index is -1.77. The van der Waals surface area contributed by atoms with Crippen LogP contribution in [0, 0.1) is 5.41 Å². The highest BCUT2D eigenvalue weighted by Gasteiger charge is 2.35. The maximum absolute atomic E-state index is 12.9. The fraction of sp³-hybridized carbons (Fsp3) is 0.611. The van der Waals surface area contributed by atoms with E-state index >= 15 is 0 Å². The number of fused-ring (bicyclic) bond motifs is 1. The summed E-state index contributed by atoms with van der Waals surface area (Å²) in [6.45, 7) is 9.11. The van der Waals surface area contributed by atoms with Gasteiger partial charge in [-0.15, -0.1) is 0 Å². The van der Waals surface area contributed by atoms with Gasteiger partial charge in [-0.05, 0) is 19.4 Å². The molecule has 2 heterocycles. The average molecular weight is 429 g/mol. The average Bonchev–Trinajstić information content (AvgIpc) is 2.92. The molecule has 0 aromatic heterocycles. The normalized spacial score (nSPS) is 22.7. The fourth-order valence-corrected chi connectivity index (χ4v) is 6.02. The predicted molar refractivity (Wildman–Crippen MR) is 105 cm³/mol. The number of carbonyl (C=O) groups is 1. The van der Waals surface area contributed by atoms with Gasteiger partial charge in [0.25, 0.3) is 0 Å². The standard InChI is InChI=1S/C18H27N2O6PS/c1-17(2)9-24-27(25-10-17)11-19-28(23)15(20-16(21)22)13-7-5-6-12-8-18(3,4)26-14(12)13/h5-7,15,19-20H,8-11H2,1-4H3,(H,21,22)/p-1. The fourth-order valence-electron chi connectivity index (χ4n) is 3.06. The number of hydrogen-bond acceptors (Lipinski definition) is 6. The smallest absolute Gasteiger partial charge is 0.186 e. The van der Waals surface area contributed by atoms with E-state index in [0.29, 0.717) is 30.9 Å². The van der Waals surface area contributed by atoms with Crippen LogP contribution in [0.25, 0.3) is 0 Å². The highest BCUT2D eigenvalue weighted by molar-refractivity contribution is 7.83. The van der Waals surface area contributed by atoms with Crippen LogP contribution in [0.4, 0.5) is 4.79 Å². The summed E-state index contributed by atoms with van der Waals surface area (Å²) >= 11 is 0. The highest BCUT2D eigenvalue weighted by Crippen LogP contribution is 2.45. The van der Waals surface area contributed by atoms with Crippen LogP contribution in [-0.2, 0) is 26.5 Å². The molecule has 1 aromatic rings. The maximum Gasteiger partial charge on any atom is 0.186 e. The minimum Gasteiger partial charge on any atom is -0.530 e. The molecule has 2 unspecified atom stereocenters. The van der Waals surface area contributed by atoms with Crippen molar-refractivity contribution in [2.24, 2.45) is 5.41 Å². The zero-order valence-corrected chi connectivity index (χ0v) is 18.2. The van der Waals surface area contributed by atoms with Crippen molar-refractivity contribution >= 4 is 25.5 Å². The third kappa shape index (κ3) is 5.21. The SMILES string of the molecule is CC1(C)COP(CNS(=O)C(NC(=O)[O-])c2cccc3c2OC(C)(C)C3)OC1. The van der Waals surface area contributed by atoms with Gasteiger partial charge in [-0.25, -0.2) is 8.93 Å². The number of para-hydroxylation sites is 1. The maximum atomic E-state index is 12.9. The van der Waals surface area contributed by atoms with E-state index in [1.807, 2.05) is 33.8 Å². The molecule has 1 aromatic carbocycles. The van der Waals surface area contributed by atoms with Crippen molar-refractivity contribution < 1.29 is 27.9 Å². The lowest BCUT2D eigenvalue weighted by atomic mass is 9.97. The molecule has 1 saturated heterocycles. The number of rotatable bonds is 6. The van der Waals surface area contributed by atoms with Crippen molar-refractivity contribution in [1.29, 1.82) is 0 Å². The van der Waals surface area contributed by atoms with Gasteiger partial charge in [-0.1, -0.05) is 32.0 Å². The van der Waals surface area contributed by atoms with Crippen LogP contribution in [0.15, 0.2) is 18.2 Å². The molecule has 0 saturated carbocycles. The summed E-state index contributed by atoms with van der Waals surface area (Å²) in [6, 6.07) is 5.44. The molecule has 3 rings (SSSR count). The van der Waals surface area contributed by atoms with Crippen LogP contribution < -0.4 is 19.9 Å². The number of carboxylic acid groups (broad SMARTS) is 1. The quantitative estimate of drug-likeness (QED) is 0.669. The van der Waals surface area contributed by atoms with Gasteiger partial charge in [0, 0.05) is 17.4 Å². The largest absolute Gasteiger partial charge is 0.530 e. The molecular formula is C18H26N2O6PS-. The first-order chi connectivity index (χ1) is 13.1. The topological polar surface area (TPSA) is 109 Å². The minimum absolute atomic E-state index is 0.0498. The number of hydrogen-bond donors (Lipinski definition) is 2. The summed E-state index contributed by atoms with van der Waals surface area (Å²) < 4.78 is 33.1. The van der Waals surface area contributed by atoms with E-state index in [4.69, 9.17) is 13.8 Å². The van der Waals surface area contributed by atoms with Crippen LogP contribution in [0.1, 0.15) is 44.2 Å². The Morgan fingerprint density at radius 2 is 1.96 bits per heavy atom. The number of ether oxygens (including phenoxy) is 1. The molecule has 0 spiro atoms. The van der Waals surface area contributed by atoms with Gasteiger partial charge < -0.3 is 29.0 Å². The van der Waals surface area contributed by atoms with Crippen LogP contribution in [0.5, 0.6) is 5.75 Å². The first-order valence-corrected chi connectivity index (χ1v) is 11.6. The second-order valence-corrected chi connectivity index (χ2v) is 11.2. The lowest BCUT2D eigenvalue weighted by Crippen LogP contribution is -2.43. The van der Waals surface area contributed by atoms with Crippen LogP contribution >= 0.6 is 8.38 Å². The zero-order valence-electron chi connectivity index (χ0n) is 16.4. The summed E-state index contributed by atoms with van der Waals surface area (Å²) in [4.78, 5) is 11.2. The molecule has 1 fully saturated rings. The van der Waals surface area contributed by atoms with Gasteiger partial charge in [-0.3, -0.25) is 0 Å². The number of benzene rings is 1. The van der Waals surface area contributed by atoms with Gasteiger partial charge in [-0.2, -0.15) is 0 Å². The number of carbonyl (C=O) groups excluding carboxylic acids is 1. The first-order valence-electron chi connectivity index (χ1n) is 9.02. The first kappa shape index (κ1) is 21.5. The summed E-state index contributed by atoms with van der Waals surface area (Å²) in [7, 11) is -3.00. The molecule has 28 heavy (non-hydrogen) atoms. The monoisotopic (exact) mass is 429 g/mol. The molecule has 2 aliphatic rings. The van der Waals surface area contributed by atoms with Gasteiger partial charge >= 0.3 is 0 Å². The molecule has 2 aliphatic heterocycles. The van der Waals surface area contributed by atoms with Gasteiger partial charge in [0.2, 0.25) is 0 Å². The summed E-state index contributed by atoms with van der Waals surface area (Å²) in [5, 5.41) is 12.4. The second-order valence-electron chi connectivity index (χ2n) is 8.33. The van der Waals surface area contributed by atoms with E-state index in [0.717, 1.165) is 5.56 Å². The van der Waals surface area contributed by atoms with Crippen LogP contribution in [0.2, 0.25) is 0 Å². The van der Waals surface area contributed by atoms with E-state index in [9.17, 15) is 14.1 Å².